The quantitative estimate of drug-likeness (QED) is 0.457. The summed E-state index contributed by atoms with van der Waals surface area (Å²) in [6.45, 7) is 0. The first-order valence-electron chi connectivity index (χ1n) is 6.27. The van der Waals surface area contributed by atoms with E-state index in [9.17, 15) is 9.50 Å². The van der Waals surface area contributed by atoms with Crippen molar-refractivity contribution in [2.45, 2.75) is 0 Å². The van der Waals surface area contributed by atoms with Gasteiger partial charge in [-0.05, 0) is 48.6 Å². The molecule has 2 rings (SSSR count). The molecular formula is C15H14FN3O2S. The molecule has 4 N–H and O–H groups in total. The minimum Gasteiger partial charge on any atom is -0.507 e. The molecule has 0 amide bonds. The lowest BCUT2D eigenvalue weighted by atomic mass is 10.0. The Morgan fingerprint density at radius 1 is 1.27 bits per heavy atom. The number of methoxy groups -OCH3 is 1. The van der Waals surface area contributed by atoms with Crippen LogP contribution in [0.4, 0.5) is 4.39 Å². The molecule has 0 bridgehead atoms. The topological polar surface area (TPSA) is 79.9 Å². The molecule has 114 valence electrons. The summed E-state index contributed by atoms with van der Waals surface area (Å²) in [5.41, 5.74) is 9.23. The molecule has 5 nitrogen and oxygen atoms in total. The fourth-order valence-corrected chi connectivity index (χ4v) is 1.89. The van der Waals surface area contributed by atoms with Crippen LogP contribution >= 0.6 is 12.2 Å². The van der Waals surface area contributed by atoms with Gasteiger partial charge in [0.25, 0.3) is 0 Å². The van der Waals surface area contributed by atoms with E-state index in [1.165, 1.54) is 12.1 Å². The van der Waals surface area contributed by atoms with Gasteiger partial charge in [0.2, 0.25) is 0 Å². The highest BCUT2D eigenvalue weighted by Gasteiger charge is 2.13. The predicted molar refractivity (Wildman–Crippen MR) is 86.6 cm³/mol. The first-order chi connectivity index (χ1) is 10.5. The van der Waals surface area contributed by atoms with Crippen LogP contribution in [-0.4, -0.2) is 23.0 Å². The Balaban J connectivity index is 2.50. The first kappa shape index (κ1) is 15.7. The van der Waals surface area contributed by atoms with Crippen LogP contribution in [-0.2, 0) is 0 Å². The first-order valence-corrected chi connectivity index (χ1v) is 6.68. The number of halogens is 1. The van der Waals surface area contributed by atoms with E-state index in [1.807, 2.05) is 0 Å². The molecule has 0 aliphatic carbocycles. The summed E-state index contributed by atoms with van der Waals surface area (Å²) in [5, 5.41) is 14.0. The van der Waals surface area contributed by atoms with Crippen molar-refractivity contribution in [2.24, 2.45) is 10.8 Å². The van der Waals surface area contributed by atoms with Gasteiger partial charge in [-0.3, -0.25) is 5.43 Å². The maximum absolute atomic E-state index is 13.2. The van der Waals surface area contributed by atoms with E-state index in [0.29, 0.717) is 22.6 Å². The molecule has 0 saturated heterocycles. The van der Waals surface area contributed by atoms with Crippen molar-refractivity contribution in [3.8, 4) is 11.5 Å². The molecule has 0 aromatic heterocycles. The molecule has 0 radical (unpaired) electrons. The van der Waals surface area contributed by atoms with E-state index in [0.717, 1.165) is 6.07 Å². The lowest BCUT2D eigenvalue weighted by molar-refractivity contribution is 0.415. The number of hydrogen-bond acceptors (Lipinski definition) is 4. The average Bonchev–Trinajstić information content (AvgIpc) is 2.49. The Bertz CT molecular complexity index is 717. The molecule has 0 aliphatic heterocycles. The minimum absolute atomic E-state index is 0.0207. The molecule has 2 aromatic rings. The Morgan fingerprint density at radius 2 is 1.95 bits per heavy atom. The summed E-state index contributed by atoms with van der Waals surface area (Å²) >= 11 is 4.72. The Morgan fingerprint density at radius 3 is 2.50 bits per heavy atom. The van der Waals surface area contributed by atoms with Crippen LogP contribution in [0.3, 0.4) is 0 Å². The second-order valence-electron chi connectivity index (χ2n) is 4.33. The number of thiocarbonyl (C=S) groups is 1. The number of phenols is 1. The number of nitrogens with zero attached hydrogens (tertiary/aromatic N) is 1. The Labute approximate surface area is 132 Å². The number of rotatable bonds is 4. The zero-order valence-corrected chi connectivity index (χ0v) is 12.5. The van der Waals surface area contributed by atoms with Gasteiger partial charge < -0.3 is 15.6 Å². The summed E-state index contributed by atoms with van der Waals surface area (Å²) in [7, 11) is 1.56. The fraction of sp³-hybridized carbons (Fsp3) is 0.0667. The molecule has 2 aromatic carbocycles. The van der Waals surface area contributed by atoms with Crippen molar-refractivity contribution in [3.05, 3.63) is 59.4 Å². The number of hydrogen-bond donors (Lipinski definition) is 3. The average molecular weight is 319 g/mol. The van der Waals surface area contributed by atoms with Gasteiger partial charge in [0.15, 0.2) is 5.11 Å². The lowest BCUT2D eigenvalue weighted by Gasteiger charge is -2.10. The van der Waals surface area contributed by atoms with Crippen LogP contribution in [0.5, 0.6) is 11.5 Å². The second kappa shape index (κ2) is 6.86. The van der Waals surface area contributed by atoms with Crippen LogP contribution in [0.15, 0.2) is 47.6 Å². The number of hydrazone groups is 1. The zero-order valence-electron chi connectivity index (χ0n) is 11.7. The van der Waals surface area contributed by atoms with Crippen molar-refractivity contribution in [1.82, 2.24) is 5.43 Å². The van der Waals surface area contributed by atoms with Gasteiger partial charge in [-0.15, -0.1) is 0 Å². The van der Waals surface area contributed by atoms with Crippen molar-refractivity contribution in [3.63, 3.8) is 0 Å². The molecule has 7 heteroatoms. The number of phenolic OH excluding ortho intramolecular Hbond substituents is 1. The van der Waals surface area contributed by atoms with Gasteiger partial charge >= 0.3 is 0 Å². The van der Waals surface area contributed by atoms with Gasteiger partial charge in [0.1, 0.15) is 23.0 Å². The highest BCUT2D eigenvalue weighted by atomic mass is 32.1. The number of aromatic hydroxyl groups is 1. The van der Waals surface area contributed by atoms with Gasteiger partial charge in [-0.2, -0.15) is 5.10 Å². The molecular weight excluding hydrogens is 305 g/mol. The number of nitrogens with two attached hydrogens (primary N) is 1. The van der Waals surface area contributed by atoms with Crippen LogP contribution in [0, 0.1) is 5.82 Å². The fourth-order valence-electron chi connectivity index (χ4n) is 1.85. The third-order valence-electron chi connectivity index (χ3n) is 2.86. The molecule has 0 unspecified atom stereocenters. The summed E-state index contributed by atoms with van der Waals surface area (Å²) in [6, 6.07) is 10.7. The number of benzene rings is 2. The zero-order chi connectivity index (χ0) is 16.1. The van der Waals surface area contributed by atoms with E-state index < -0.39 is 5.82 Å². The summed E-state index contributed by atoms with van der Waals surface area (Å²) in [5.74, 6) is -0.106. The van der Waals surface area contributed by atoms with E-state index >= 15 is 0 Å². The number of ether oxygens (including phenoxy) is 1. The Kier molecular flexibility index (Phi) is 4.90. The molecule has 0 heterocycles. The molecule has 0 spiro atoms. The number of nitrogens with one attached hydrogen (secondary N) is 1. The smallest absolute Gasteiger partial charge is 0.184 e. The van der Waals surface area contributed by atoms with Crippen molar-refractivity contribution in [2.75, 3.05) is 7.11 Å². The summed E-state index contributed by atoms with van der Waals surface area (Å²) < 4.78 is 18.3. The van der Waals surface area contributed by atoms with Gasteiger partial charge in [0, 0.05) is 17.2 Å². The Hall–Kier alpha value is -2.67. The van der Waals surface area contributed by atoms with Crippen LogP contribution in [0.1, 0.15) is 11.1 Å². The molecule has 0 fully saturated rings. The SMILES string of the molecule is COc1ccc(C(=NNC(N)=S)c2ccc(F)cc2O)cc1. The molecule has 22 heavy (non-hydrogen) atoms. The van der Waals surface area contributed by atoms with E-state index in [-0.39, 0.29) is 10.9 Å². The van der Waals surface area contributed by atoms with Gasteiger partial charge in [-0.25, -0.2) is 4.39 Å². The maximum Gasteiger partial charge on any atom is 0.184 e. The highest BCUT2D eigenvalue weighted by molar-refractivity contribution is 7.80. The van der Waals surface area contributed by atoms with E-state index in [1.54, 1.807) is 31.4 Å². The molecule has 0 aliphatic rings. The highest BCUT2D eigenvalue weighted by Crippen LogP contribution is 2.23. The normalized spacial score (nSPS) is 11.1. The summed E-state index contributed by atoms with van der Waals surface area (Å²) in [4.78, 5) is 0. The second-order valence-corrected chi connectivity index (χ2v) is 4.77. The molecule has 0 saturated carbocycles. The van der Waals surface area contributed by atoms with Gasteiger partial charge in [0.05, 0.1) is 7.11 Å². The van der Waals surface area contributed by atoms with E-state index in [4.69, 9.17) is 22.7 Å². The van der Waals surface area contributed by atoms with Crippen LogP contribution in [0.2, 0.25) is 0 Å². The predicted octanol–water partition coefficient (Wildman–Crippen LogP) is 2.13. The van der Waals surface area contributed by atoms with E-state index in [2.05, 4.69) is 10.5 Å². The largest absolute Gasteiger partial charge is 0.507 e. The van der Waals surface area contributed by atoms with Crippen LogP contribution in [0.25, 0.3) is 0 Å². The monoisotopic (exact) mass is 319 g/mol. The third kappa shape index (κ3) is 3.70. The minimum atomic E-state index is -0.544. The standard InChI is InChI=1S/C15H14FN3O2S/c1-21-11-5-2-9(3-6-11)14(18-19-15(17)22)12-7-4-10(16)8-13(12)20/h2-8,20H,1H3,(H3,17,19,22). The lowest BCUT2D eigenvalue weighted by Crippen LogP contribution is -2.26. The van der Waals surface area contributed by atoms with Crippen molar-refractivity contribution >= 4 is 23.0 Å². The van der Waals surface area contributed by atoms with Crippen LogP contribution < -0.4 is 15.9 Å². The third-order valence-corrected chi connectivity index (χ3v) is 2.95. The maximum atomic E-state index is 13.2. The van der Waals surface area contributed by atoms with Crippen molar-refractivity contribution < 1.29 is 14.2 Å². The summed E-state index contributed by atoms with van der Waals surface area (Å²) in [6.07, 6.45) is 0. The van der Waals surface area contributed by atoms with Crippen molar-refractivity contribution in [1.29, 1.82) is 0 Å². The van der Waals surface area contributed by atoms with Gasteiger partial charge in [-0.1, -0.05) is 0 Å². The molecule has 0 atom stereocenters.